The zero-order chi connectivity index (χ0) is 30.8. The number of likely N-dealkylation sites (N-methyl/N-ethyl adjacent to an activating group) is 1. The van der Waals surface area contributed by atoms with Crippen molar-refractivity contribution < 1.29 is 28.0 Å². The van der Waals surface area contributed by atoms with Crippen LogP contribution in [0.5, 0.6) is 0 Å². The molecule has 44 heavy (non-hydrogen) atoms. The molecule has 1 unspecified atom stereocenters. The Kier molecular flexibility index (Phi) is 13.6. The number of nitro benzene ring substituents is 1. The van der Waals surface area contributed by atoms with Crippen LogP contribution in [0.4, 0.5) is 10.5 Å². The van der Waals surface area contributed by atoms with Crippen LogP contribution < -0.4 is 0 Å². The molecule has 2 aromatic carbocycles. The molecule has 0 radical (unpaired) electrons. The molecule has 1 amide bonds. The number of likely N-dealkylation sites (tertiary alicyclic amines) is 1. The van der Waals surface area contributed by atoms with Gasteiger partial charge in [-0.2, -0.15) is 11.3 Å². The molecule has 1 N–H and O–H groups in total. The predicted octanol–water partition coefficient (Wildman–Crippen LogP) is 4.97. The van der Waals surface area contributed by atoms with E-state index in [9.17, 15) is 28.4 Å². The van der Waals surface area contributed by atoms with Gasteiger partial charge in [0.1, 0.15) is 6.61 Å². The van der Waals surface area contributed by atoms with E-state index in [2.05, 4.69) is 16.3 Å². The van der Waals surface area contributed by atoms with Crippen molar-refractivity contribution in [2.45, 2.75) is 42.7 Å². The summed E-state index contributed by atoms with van der Waals surface area (Å²) in [5.74, 6) is 0.0350. The van der Waals surface area contributed by atoms with Gasteiger partial charge in [0, 0.05) is 51.4 Å². The Labute approximate surface area is 268 Å². The number of amides is 1. The first kappa shape index (κ1) is 35.4. The smallest absolute Gasteiger partial charge is 0.410 e. The van der Waals surface area contributed by atoms with Crippen LogP contribution in [0.3, 0.4) is 0 Å². The van der Waals surface area contributed by atoms with Gasteiger partial charge in [0.25, 0.3) is 5.69 Å². The molecule has 0 aliphatic carbocycles. The van der Waals surface area contributed by atoms with E-state index in [4.69, 9.17) is 4.74 Å². The summed E-state index contributed by atoms with van der Waals surface area (Å²) in [6.45, 7) is 2.64. The first-order valence-electron chi connectivity index (χ1n) is 14.2. The van der Waals surface area contributed by atoms with E-state index in [1.165, 1.54) is 16.4 Å². The SMILES string of the molecule is CN(CC(CCN1CCC(N(CCO)C(=O)OCc2ccc([N+](=O)[O-])cc2)CC1)c1ccsc1)S(=O)(=O)c1ccccc1.Cl. The molecule has 0 bridgehead atoms. The minimum Gasteiger partial charge on any atom is -0.445 e. The molecule has 240 valence electrons. The lowest BCUT2D eigenvalue weighted by Gasteiger charge is -2.38. The number of non-ortho nitro benzene ring substituents is 1. The van der Waals surface area contributed by atoms with Gasteiger partial charge in [-0.05, 0) is 83.9 Å². The van der Waals surface area contributed by atoms with Crippen molar-refractivity contribution in [2.75, 3.05) is 46.4 Å². The van der Waals surface area contributed by atoms with Crippen LogP contribution in [-0.4, -0.2) is 91.1 Å². The Bertz CT molecular complexity index is 1420. The van der Waals surface area contributed by atoms with Crippen LogP contribution in [0.1, 0.15) is 36.3 Å². The summed E-state index contributed by atoms with van der Waals surface area (Å²) in [5, 5.41) is 24.5. The van der Waals surface area contributed by atoms with Crippen molar-refractivity contribution in [2.24, 2.45) is 0 Å². The lowest BCUT2D eigenvalue weighted by atomic mass is 9.97. The number of rotatable bonds is 14. The zero-order valence-corrected chi connectivity index (χ0v) is 27.0. The highest BCUT2D eigenvalue weighted by Gasteiger charge is 2.30. The van der Waals surface area contributed by atoms with Crippen LogP contribution in [0, 0.1) is 10.1 Å². The maximum atomic E-state index is 13.1. The summed E-state index contributed by atoms with van der Waals surface area (Å²) in [6, 6.07) is 16.3. The number of piperidine rings is 1. The third-order valence-corrected chi connectivity index (χ3v) is 10.4. The number of halogens is 1. The molecule has 1 aliphatic rings. The lowest BCUT2D eigenvalue weighted by molar-refractivity contribution is -0.384. The van der Waals surface area contributed by atoms with Gasteiger partial charge in [-0.25, -0.2) is 17.5 Å². The van der Waals surface area contributed by atoms with E-state index < -0.39 is 21.0 Å². The van der Waals surface area contributed by atoms with Crippen LogP contribution >= 0.6 is 23.7 Å². The van der Waals surface area contributed by atoms with E-state index >= 15 is 0 Å². The van der Waals surface area contributed by atoms with Crippen molar-refractivity contribution in [1.29, 1.82) is 0 Å². The second-order valence-corrected chi connectivity index (χ2v) is 13.4. The first-order chi connectivity index (χ1) is 20.7. The number of nitro groups is 1. The van der Waals surface area contributed by atoms with Crippen LogP contribution in [-0.2, 0) is 21.4 Å². The Morgan fingerprint density at radius 2 is 1.82 bits per heavy atom. The summed E-state index contributed by atoms with van der Waals surface area (Å²) < 4.78 is 33.2. The summed E-state index contributed by atoms with van der Waals surface area (Å²) in [7, 11) is -1.97. The maximum Gasteiger partial charge on any atom is 0.410 e. The number of hydrogen-bond donors (Lipinski definition) is 1. The van der Waals surface area contributed by atoms with E-state index in [0.717, 1.165) is 44.5 Å². The molecule has 1 fully saturated rings. The Hall–Kier alpha value is -3.07. The summed E-state index contributed by atoms with van der Waals surface area (Å²) in [6.07, 6.45) is 1.70. The number of carbonyl (C=O) groups is 1. The van der Waals surface area contributed by atoms with Gasteiger partial charge in [-0.15, -0.1) is 12.4 Å². The van der Waals surface area contributed by atoms with Gasteiger partial charge in [0.2, 0.25) is 10.0 Å². The molecule has 2 heterocycles. The predicted molar refractivity (Wildman–Crippen MR) is 172 cm³/mol. The molecule has 11 nitrogen and oxygen atoms in total. The zero-order valence-electron chi connectivity index (χ0n) is 24.6. The Morgan fingerprint density at radius 3 is 2.41 bits per heavy atom. The van der Waals surface area contributed by atoms with Crippen LogP contribution in [0.2, 0.25) is 0 Å². The number of thiophene rings is 1. The summed E-state index contributed by atoms with van der Waals surface area (Å²) in [5.41, 5.74) is 1.73. The third-order valence-electron chi connectivity index (χ3n) is 7.82. The highest BCUT2D eigenvalue weighted by molar-refractivity contribution is 7.89. The van der Waals surface area contributed by atoms with E-state index in [0.29, 0.717) is 12.1 Å². The largest absolute Gasteiger partial charge is 0.445 e. The number of aliphatic hydroxyl groups is 1. The number of nitrogens with zero attached hydrogens (tertiary/aromatic N) is 4. The fourth-order valence-corrected chi connectivity index (χ4v) is 7.30. The van der Waals surface area contributed by atoms with Gasteiger partial charge < -0.3 is 19.6 Å². The average molecular weight is 667 g/mol. The second kappa shape index (κ2) is 16.8. The third kappa shape index (κ3) is 9.46. The monoisotopic (exact) mass is 666 g/mol. The standard InChI is InChI=1S/C30H38N4O7S2.ClH/c1-31(43(39,40)29-5-3-2-4-6-29)21-25(26-14-20-42-23-26)11-15-32-16-12-27(13-17-32)33(18-19-35)30(36)41-22-24-7-9-28(10-8-24)34(37)38;/h2-10,14,20,23,25,27,35H,11-13,15-19,21-22H2,1H3;1H. The highest BCUT2D eigenvalue weighted by Crippen LogP contribution is 2.27. The molecule has 1 atom stereocenters. The molecule has 14 heteroatoms. The molecule has 1 saturated heterocycles. The van der Waals surface area contributed by atoms with E-state index in [1.807, 2.05) is 5.38 Å². The number of benzene rings is 2. The summed E-state index contributed by atoms with van der Waals surface area (Å²) >= 11 is 1.60. The Morgan fingerprint density at radius 1 is 1.14 bits per heavy atom. The van der Waals surface area contributed by atoms with E-state index in [-0.39, 0.29) is 54.7 Å². The normalized spacial score (nSPS) is 15.0. The number of carbonyl (C=O) groups excluding carboxylic acids is 1. The van der Waals surface area contributed by atoms with Crippen LogP contribution in [0.15, 0.2) is 76.3 Å². The molecule has 1 aromatic heterocycles. The van der Waals surface area contributed by atoms with Crippen molar-refractivity contribution in [1.82, 2.24) is 14.1 Å². The van der Waals surface area contributed by atoms with Gasteiger partial charge in [0.05, 0.1) is 16.4 Å². The first-order valence-corrected chi connectivity index (χ1v) is 16.6. The summed E-state index contributed by atoms with van der Waals surface area (Å²) in [4.78, 5) is 27.5. The molecular formula is C30H39ClN4O7S2. The molecule has 3 aromatic rings. The Balaban J connectivity index is 0.00000529. The van der Waals surface area contributed by atoms with Crippen molar-refractivity contribution >= 4 is 45.5 Å². The molecule has 0 spiro atoms. The molecule has 0 saturated carbocycles. The maximum absolute atomic E-state index is 13.1. The number of sulfonamides is 1. The second-order valence-electron chi connectivity index (χ2n) is 10.6. The fourth-order valence-electron chi connectivity index (χ4n) is 5.32. The number of hydrogen-bond acceptors (Lipinski definition) is 9. The van der Waals surface area contributed by atoms with Gasteiger partial charge in [-0.3, -0.25) is 10.1 Å². The molecule has 1 aliphatic heterocycles. The lowest BCUT2D eigenvalue weighted by Crippen LogP contribution is -2.48. The number of aliphatic hydroxyl groups excluding tert-OH is 1. The molecular weight excluding hydrogens is 628 g/mol. The van der Waals surface area contributed by atoms with Crippen molar-refractivity contribution in [3.63, 3.8) is 0 Å². The van der Waals surface area contributed by atoms with E-state index in [1.54, 1.807) is 65.7 Å². The van der Waals surface area contributed by atoms with Gasteiger partial charge >= 0.3 is 6.09 Å². The van der Waals surface area contributed by atoms with Crippen LogP contribution in [0.25, 0.3) is 0 Å². The quantitative estimate of drug-likeness (QED) is 0.188. The van der Waals surface area contributed by atoms with Crippen molar-refractivity contribution in [3.8, 4) is 0 Å². The number of ether oxygens (including phenoxy) is 1. The fraction of sp³-hybridized carbons (Fsp3) is 0.433. The average Bonchev–Trinajstić information content (AvgIpc) is 3.56. The topological polar surface area (TPSA) is 134 Å². The minimum absolute atomic E-state index is 0. The van der Waals surface area contributed by atoms with Crippen molar-refractivity contribution in [3.05, 3.63) is 92.7 Å². The van der Waals surface area contributed by atoms with Gasteiger partial charge in [0.15, 0.2) is 0 Å². The minimum atomic E-state index is -3.60. The highest BCUT2D eigenvalue weighted by atomic mass is 35.5. The van der Waals surface area contributed by atoms with Gasteiger partial charge in [-0.1, -0.05) is 18.2 Å². The molecule has 4 rings (SSSR count).